The molecule has 9 heteroatoms. The number of rotatable bonds is 5. The molecule has 1 atom stereocenters. The summed E-state index contributed by atoms with van der Waals surface area (Å²) in [5, 5.41) is 15.3. The highest BCUT2D eigenvalue weighted by Gasteiger charge is 2.20. The third-order valence-corrected chi connectivity index (χ3v) is 5.65. The minimum absolute atomic E-state index is 0.310. The number of fused-ring (bicyclic) bond motifs is 2. The minimum Gasteiger partial charge on any atom is -0.380 e. The zero-order valence-corrected chi connectivity index (χ0v) is 17.9. The molecule has 4 heterocycles. The van der Waals surface area contributed by atoms with Crippen LogP contribution in [-0.4, -0.2) is 52.4 Å². The van der Waals surface area contributed by atoms with E-state index in [0.29, 0.717) is 29.8 Å². The summed E-state index contributed by atoms with van der Waals surface area (Å²) >= 11 is 0. The molecule has 0 bridgehead atoms. The molecular weight excluding hydrogens is 397 g/mol. The highest BCUT2D eigenvalue weighted by molar-refractivity contribution is 5.96. The molecular formula is C22H26FN7O. The van der Waals surface area contributed by atoms with E-state index < -0.39 is 0 Å². The van der Waals surface area contributed by atoms with E-state index in [1.165, 1.54) is 6.07 Å². The lowest BCUT2D eigenvalue weighted by atomic mass is 10.1. The van der Waals surface area contributed by atoms with Crippen LogP contribution in [0.5, 0.6) is 0 Å². The summed E-state index contributed by atoms with van der Waals surface area (Å²) in [6, 6.07) is 6.15. The molecule has 1 aromatic carbocycles. The van der Waals surface area contributed by atoms with Gasteiger partial charge in [-0.25, -0.2) is 9.37 Å². The van der Waals surface area contributed by atoms with Crippen molar-refractivity contribution in [2.75, 3.05) is 37.0 Å². The maximum Gasteiger partial charge on any atom is 0.173 e. The fourth-order valence-corrected chi connectivity index (χ4v) is 4.32. The van der Waals surface area contributed by atoms with E-state index in [4.69, 9.17) is 4.74 Å². The molecule has 1 saturated heterocycles. The van der Waals surface area contributed by atoms with Crippen molar-refractivity contribution in [2.24, 2.45) is 0 Å². The third-order valence-electron chi connectivity index (χ3n) is 5.65. The highest BCUT2D eigenvalue weighted by Crippen LogP contribution is 2.33. The van der Waals surface area contributed by atoms with Gasteiger partial charge in [-0.3, -0.25) is 5.10 Å². The summed E-state index contributed by atoms with van der Waals surface area (Å²) in [6.45, 7) is 7.34. The first-order chi connectivity index (χ1) is 15.0. The van der Waals surface area contributed by atoms with Gasteiger partial charge in [0.2, 0.25) is 0 Å². The Morgan fingerprint density at radius 3 is 2.97 bits per heavy atom. The van der Waals surface area contributed by atoms with Gasteiger partial charge in [-0.2, -0.15) is 5.10 Å². The van der Waals surface area contributed by atoms with Crippen LogP contribution in [0.25, 0.3) is 16.6 Å². The summed E-state index contributed by atoms with van der Waals surface area (Å²) in [5.41, 5.74) is 4.75. The summed E-state index contributed by atoms with van der Waals surface area (Å²) in [4.78, 5) is 6.58. The van der Waals surface area contributed by atoms with Crippen LogP contribution in [0.4, 0.5) is 21.6 Å². The van der Waals surface area contributed by atoms with Crippen molar-refractivity contribution in [1.82, 2.24) is 24.9 Å². The van der Waals surface area contributed by atoms with Gasteiger partial charge < -0.3 is 24.7 Å². The Morgan fingerprint density at radius 1 is 1.29 bits per heavy atom. The molecule has 1 unspecified atom stereocenters. The van der Waals surface area contributed by atoms with Crippen LogP contribution >= 0.6 is 0 Å². The predicted molar refractivity (Wildman–Crippen MR) is 120 cm³/mol. The molecule has 5 rings (SSSR count). The SMILES string of the molecule is COCc1cc(N2CCNC(C)C2)cc2[nH]nc(Nc3cc(F)c4nc(C)cn4c3)c12. The quantitative estimate of drug-likeness (QED) is 0.457. The number of aromatic amines is 1. The fourth-order valence-electron chi connectivity index (χ4n) is 4.32. The van der Waals surface area contributed by atoms with E-state index in [-0.39, 0.29) is 5.82 Å². The summed E-state index contributed by atoms with van der Waals surface area (Å²) in [7, 11) is 1.68. The predicted octanol–water partition coefficient (Wildman–Crippen LogP) is 3.35. The number of hydrogen-bond donors (Lipinski definition) is 3. The van der Waals surface area contributed by atoms with Gasteiger partial charge in [-0.05, 0) is 31.5 Å². The Hall–Kier alpha value is -3.17. The molecule has 0 saturated carbocycles. The van der Waals surface area contributed by atoms with E-state index in [1.807, 2.05) is 13.1 Å². The topological polar surface area (TPSA) is 82.5 Å². The molecule has 0 amide bonds. The number of nitrogens with one attached hydrogen (secondary N) is 3. The maximum atomic E-state index is 14.5. The number of H-pyrrole nitrogens is 1. The summed E-state index contributed by atoms with van der Waals surface area (Å²) < 4.78 is 21.7. The Kier molecular flexibility index (Phi) is 4.99. The van der Waals surface area contributed by atoms with Crippen molar-refractivity contribution in [3.05, 3.63) is 47.7 Å². The van der Waals surface area contributed by atoms with Crippen molar-refractivity contribution in [3.63, 3.8) is 0 Å². The molecule has 0 aliphatic carbocycles. The largest absolute Gasteiger partial charge is 0.380 e. The molecule has 0 radical (unpaired) electrons. The first-order valence-electron chi connectivity index (χ1n) is 10.4. The number of piperazine rings is 1. The van der Waals surface area contributed by atoms with Crippen molar-refractivity contribution >= 4 is 33.7 Å². The Bertz CT molecular complexity index is 1250. The Balaban J connectivity index is 1.53. The average Bonchev–Trinajstić information content (AvgIpc) is 3.31. The maximum absolute atomic E-state index is 14.5. The normalized spacial score (nSPS) is 17.0. The smallest absolute Gasteiger partial charge is 0.173 e. The highest BCUT2D eigenvalue weighted by atomic mass is 19.1. The van der Waals surface area contributed by atoms with Crippen LogP contribution < -0.4 is 15.5 Å². The number of nitrogens with zero attached hydrogens (tertiary/aromatic N) is 4. The number of aryl methyl sites for hydroxylation is 1. The number of halogens is 1. The number of methoxy groups -OCH3 is 1. The molecule has 1 fully saturated rings. The van der Waals surface area contributed by atoms with E-state index >= 15 is 0 Å². The average molecular weight is 423 g/mol. The second-order valence-corrected chi connectivity index (χ2v) is 8.15. The molecule has 1 aliphatic heterocycles. The molecule has 3 N–H and O–H groups in total. The molecule has 1 aliphatic rings. The van der Waals surface area contributed by atoms with Crippen LogP contribution in [0.3, 0.4) is 0 Å². The van der Waals surface area contributed by atoms with E-state index in [9.17, 15) is 4.39 Å². The Labute approximate surface area is 179 Å². The summed E-state index contributed by atoms with van der Waals surface area (Å²) in [5.74, 6) is 0.253. The van der Waals surface area contributed by atoms with Gasteiger partial charge in [0, 0.05) is 62.3 Å². The van der Waals surface area contributed by atoms with Crippen LogP contribution in [-0.2, 0) is 11.3 Å². The monoisotopic (exact) mass is 423 g/mol. The zero-order valence-electron chi connectivity index (χ0n) is 17.9. The van der Waals surface area contributed by atoms with E-state index in [2.05, 4.69) is 49.8 Å². The van der Waals surface area contributed by atoms with E-state index in [0.717, 1.165) is 47.5 Å². The molecule has 3 aromatic heterocycles. The van der Waals surface area contributed by atoms with Crippen LogP contribution in [0.2, 0.25) is 0 Å². The standard InChI is InChI=1S/C22H26FN7O/c1-13-9-29(5-4-24-13)17-6-15(12-31-3)20-19(8-17)27-28-21(20)26-16-7-18(23)22-25-14(2)10-30(22)11-16/h6-8,10-11,13,24H,4-5,9,12H2,1-3H3,(H2,26,27,28). The number of imidazole rings is 1. The number of hydrogen-bond acceptors (Lipinski definition) is 6. The molecule has 8 nitrogen and oxygen atoms in total. The van der Waals surface area contributed by atoms with Gasteiger partial charge in [0.25, 0.3) is 0 Å². The second kappa shape index (κ2) is 7.82. The van der Waals surface area contributed by atoms with Gasteiger partial charge in [0.1, 0.15) is 0 Å². The lowest BCUT2D eigenvalue weighted by Gasteiger charge is -2.34. The minimum atomic E-state index is -0.384. The van der Waals surface area contributed by atoms with Crippen molar-refractivity contribution in [1.29, 1.82) is 0 Å². The lowest BCUT2D eigenvalue weighted by Crippen LogP contribution is -2.49. The van der Waals surface area contributed by atoms with Gasteiger partial charge in [-0.15, -0.1) is 0 Å². The first-order valence-corrected chi connectivity index (χ1v) is 10.4. The number of pyridine rings is 1. The lowest BCUT2D eigenvalue weighted by molar-refractivity contribution is 0.186. The zero-order chi connectivity index (χ0) is 21.5. The second-order valence-electron chi connectivity index (χ2n) is 8.15. The van der Waals surface area contributed by atoms with Gasteiger partial charge in [0.05, 0.1) is 23.5 Å². The number of aromatic nitrogens is 4. The molecule has 31 heavy (non-hydrogen) atoms. The number of anilines is 3. The molecule has 162 valence electrons. The van der Waals surface area contributed by atoms with Crippen molar-refractivity contribution in [3.8, 4) is 0 Å². The van der Waals surface area contributed by atoms with Crippen molar-refractivity contribution in [2.45, 2.75) is 26.5 Å². The van der Waals surface area contributed by atoms with Crippen LogP contribution in [0.1, 0.15) is 18.2 Å². The molecule has 0 spiro atoms. The van der Waals surface area contributed by atoms with Gasteiger partial charge in [0.15, 0.2) is 17.3 Å². The number of benzene rings is 1. The summed E-state index contributed by atoms with van der Waals surface area (Å²) in [6.07, 6.45) is 3.61. The number of ether oxygens (including phenoxy) is 1. The third kappa shape index (κ3) is 3.70. The van der Waals surface area contributed by atoms with Crippen molar-refractivity contribution < 1.29 is 9.13 Å². The van der Waals surface area contributed by atoms with Crippen LogP contribution in [0, 0.1) is 12.7 Å². The van der Waals surface area contributed by atoms with E-state index in [1.54, 1.807) is 17.7 Å². The van der Waals surface area contributed by atoms with Gasteiger partial charge >= 0.3 is 0 Å². The fraction of sp³-hybridized carbons (Fsp3) is 0.364. The molecule has 4 aromatic rings. The first kappa shape index (κ1) is 19.8. The Morgan fingerprint density at radius 2 is 2.16 bits per heavy atom. The van der Waals surface area contributed by atoms with Crippen LogP contribution in [0.15, 0.2) is 30.6 Å². The van der Waals surface area contributed by atoms with Gasteiger partial charge in [-0.1, -0.05) is 0 Å².